The molecule has 114 valence electrons. The minimum atomic E-state index is -0.458. The van der Waals surface area contributed by atoms with E-state index in [1.165, 1.54) is 0 Å². The lowest BCUT2D eigenvalue weighted by atomic mass is 9.61. The number of likely N-dealkylation sites (tertiary alicyclic amines) is 1. The van der Waals surface area contributed by atoms with E-state index < -0.39 is 5.60 Å². The maximum absolute atomic E-state index is 12.0. The SMILES string of the molecule is CCOC(=O)C1CC2(CCN(C(=O)OC(C)(C)C)C2)C1. The molecule has 1 spiro atoms. The molecule has 5 nitrogen and oxygen atoms in total. The van der Waals surface area contributed by atoms with Crippen LogP contribution in [0.15, 0.2) is 0 Å². The van der Waals surface area contributed by atoms with Gasteiger partial charge >= 0.3 is 12.1 Å². The van der Waals surface area contributed by atoms with Crippen molar-refractivity contribution in [1.29, 1.82) is 0 Å². The molecule has 0 atom stereocenters. The van der Waals surface area contributed by atoms with Crippen LogP contribution in [0, 0.1) is 11.3 Å². The Balaban J connectivity index is 1.82. The zero-order valence-electron chi connectivity index (χ0n) is 12.9. The van der Waals surface area contributed by atoms with Gasteiger partial charge in [0.15, 0.2) is 0 Å². The summed E-state index contributed by atoms with van der Waals surface area (Å²) < 4.78 is 10.4. The highest BCUT2D eigenvalue weighted by molar-refractivity contribution is 5.74. The summed E-state index contributed by atoms with van der Waals surface area (Å²) in [5.74, 6) is -0.0672. The molecule has 2 aliphatic rings. The molecule has 5 heteroatoms. The van der Waals surface area contributed by atoms with E-state index in [4.69, 9.17) is 9.47 Å². The quantitative estimate of drug-likeness (QED) is 0.731. The largest absolute Gasteiger partial charge is 0.466 e. The second kappa shape index (κ2) is 5.26. The first-order valence-electron chi connectivity index (χ1n) is 7.39. The van der Waals surface area contributed by atoms with Crippen LogP contribution in [0.1, 0.15) is 47.0 Å². The Labute approximate surface area is 120 Å². The van der Waals surface area contributed by atoms with Crippen molar-refractivity contribution in [3.05, 3.63) is 0 Å². The van der Waals surface area contributed by atoms with Crippen molar-refractivity contribution >= 4 is 12.1 Å². The van der Waals surface area contributed by atoms with Gasteiger partial charge in [-0.25, -0.2) is 4.79 Å². The van der Waals surface area contributed by atoms with Gasteiger partial charge in [-0.1, -0.05) is 0 Å². The lowest BCUT2D eigenvalue weighted by Crippen LogP contribution is -2.45. The van der Waals surface area contributed by atoms with Gasteiger partial charge in [0, 0.05) is 13.1 Å². The molecule has 2 fully saturated rings. The van der Waals surface area contributed by atoms with Crippen molar-refractivity contribution in [3.63, 3.8) is 0 Å². The Kier molecular flexibility index (Phi) is 3.98. The van der Waals surface area contributed by atoms with Crippen LogP contribution < -0.4 is 0 Å². The Morgan fingerprint density at radius 1 is 1.30 bits per heavy atom. The summed E-state index contributed by atoms with van der Waals surface area (Å²) in [4.78, 5) is 25.4. The standard InChI is InChI=1S/C15H25NO4/c1-5-19-12(17)11-8-15(9-11)6-7-16(10-15)13(18)20-14(2,3)4/h11H,5-10H2,1-4H3. The van der Waals surface area contributed by atoms with Crippen LogP contribution in [0.3, 0.4) is 0 Å². The first-order valence-corrected chi connectivity index (χ1v) is 7.39. The molecule has 0 N–H and O–H groups in total. The summed E-state index contributed by atoms with van der Waals surface area (Å²) >= 11 is 0. The fourth-order valence-corrected chi connectivity index (χ4v) is 3.16. The summed E-state index contributed by atoms with van der Waals surface area (Å²) in [7, 11) is 0. The molecule has 0 aromatic heterocycles. The summed E-state index contributed by atoms with van der Waals surface area (Å²) in [5.41, 5.74) is -0.339. The van der Waals surface area contributed by atoms with E-state index in [1.807, 2.05) is 27.7 Å². The molecule has 1 saturated carbocycles. The van der Waals surface area contributed by atoms with E-state index in [-0.39, 0.29) is 23.4 Å². The molecule has 0 aromatic rings. The van der Waals surface area contributed by atoms with Gasteiger partial charge in [0.05, 0.1) is 12.5 Å². The average Bonchev–Trinajstić information content (AvgIpc) is 2.69. The van der Waals surface area contributed by atoms with Gasteiger partial charge in [-0.3, -0.25) is 4.79 Å². The number of carbonyl (C=O) groups excluding carboxylic acids is 2. The highest BCUT2D eigenvalue weighted by Crippen LogP contribution is 2.52. The molecule has 0 aromatic carbocycles. The van der Waals surface area contributed by atoms with Gasteiger partial charge in [-0.15, -0.1) is 0 Å². The minimum Gasteiger partial charge on any atom is -0.466 e. The van der Waals surface area contributed by atoms with E-state index >= 15 is 0 Å². The first kappa shape index (κ1) is 15.1. The number of carbonyl (C=O) groups is 2. The van der Waals surface area contributed by atoms with E-state index in [1.54, 1.807) is 4.90 Å². The predicted molar refractivity (Wildman–Crippen MR) is 74.2 cm³/mol. The number of esters is 1. The smallest absolute Gasteiger partial charge is 0.410 e. The van der Waals surface area contributed by atoms with E-state index in [2.05, 4.69) is 0 Å². The van der Waals surface area contributed by atoms with Crippen LogP contribution in [0.2, 0.25) is 0 Å². The molecular formula is C15H25NO4. The van der Waals surface area contributed by atoms with Crippen molar-refractivity contribution in [2.45, 2.75) is 52.6 Å². The van der Waals surface area contributed by atoms with Gasteiger partial charge in [0.1, 0.15) is 5.60 Å². The van der Waals surface area contributed by atoms with Crippen molar-refractivity contribution < 1.29 is 19.1 Å². The highest BCUT2D eigenvalue weighted by Gasteiger charge is 2.52. The third-order valence-electron chi connectivity index (χ3n) is 4.07. The second-order valence-corrected chi connectivity index (χ2v) is 7.01. The molecule has 1 heterocycles. The third-order valence-corrected chi connectivity index (χ3v) is 4.07. The molecule has 1 saturated heterocycles. The molecule has 1 aliphatic heterocycles. The molecule has 2 rings (SSSR count). The number of rotatable bonds is 2. The topological polar surface area (TPSA) is 55.8 Å². The van der Waals surface area contributed by atoms with Gasteiger partial charge in [0.2, 0.25) is 0 Å². The lowest BCUT2D eigenvalue weighted by Gasteiger charge is -2.43. The molecular weight excluding hydrogens is 258 g/mol. The van der Waals surface area contributed by atoms with E-state index in [9.17, 15) is 9.59 Å². The first-order chi connectivity index (χ1) is 9.25. The summed E-state index contributed by atoms with van der Waals surface area (Å²) in [6.45, 7) is 9.31. The minimum absolute atomic E-state index is 0.0218. The van der Waals surface area contributed by atoms with Gasteiger partial charge in [-0.05, 0) is 52.4 Å². The number of hydrogen-bond donors (Lipinski definition) is 0. The lowest BCUT2D eigenvalue weighted by molar-refractivity contribution is -0.156. The average molecular weight is 283 g/mol. The van der Waals surface area contributed by atoms with Gasteiger partial charge in [-0.2, -0.15) is 0 Å². The highest BCUT2D eigenvalue weighted by atomic mass is 16.6. The maximum Gasteiger partial charge on any atom is 0.410 e. The van der Waals surface area contributed by atoms with Crippen LogP contribution in [-0.2, 0) is 14.3 Å². The number of hydrogen-bond acceptors (Lipinski definition) is 4. The predicted octanol–water partition coefficient (Wildman–Crippen LogP) is 2.59. The van der Waals surface area contributed by atoms with Gasteiger partial charge in [0.25, 0.3) is 0 Å². The Morgan fingerprint density at radius 2 is 1.95 bits per heavy atom. The van der Waals surface area contributed by atoms with Crippen LogP contribution in [-0.4, -0.2) is 42.3 Å². The molecule has 1 aliphatic carbocycles. The van der Waals surface area contributed by atoms with Crippen molar-refractivity contribution in [3.8, 4) is 0 Å². The van der Waals surface area contributed by atoms with Crippen LogP contribution in [0.5, 0.6) is 0 Å². The van der Waals surface area contributed by atoms with E-state index in [0.717, 1.165) is 25.8 Å². The van der Waals surface area contributed by atoms with Crippen molar-refractivity contribution in [2.24, 2.45) is 11.3 Å². The van der Waals surface area contributed by atoms with Crippen molar-refractivity contribution in [2.75, 3.05) is 19.7 Å². The normalized spacial score (nSPS) is 29.2. The number of amides is 1. The fourth-order valence-electron chi connectivity index (χ4n) is 3.16. The second-order valence-electron chi connectivity index (χ2n) is 7.01. The molecule has 0 bridgehead atoms. The number of ether oxygens (including phenoxy) is 2. The molecule has 0 unspecified atom stereocenters. The van der Waals surface area contributed by atoms with Crippen LogP contribution >= 0.6 is 0 Å². The third kappa shape index (κ3) is 3.25. The summed E-state index contributed by atoms with van der Waals surface area (Å²) in [6.07, 6.45) is 2.40. The fraction of sp³-hybridized carbons (Fsp3) is 0.867. The molecule has 1 amide bonds. The van der Waals surface area contributed by atoms with Crippen LogP contribution in [0.4, 0.5) is 4.79 Å². The Bertz CT molecular complexity index is 393. The number of nitrogens with zero attached hydrogens (tertiary/aromatic N) is 1. The van der Waals surface area contributed by atoms with Gasteiger partial charge < -0.3 is 14.4 Å². The zero-order chi connectivity index (χ0) is 15.0. The summed E-state index contributed by atoms with van der Waals surface area (Å²) in [5, 5.41) is 0. The Hall–Kier alpha value is -1.26. The molecule has 20 heavy (non-hydrogen) atoms. The monoisotopic (exact) mass is 283 g/mol. The zero-order valence-corrected chi connectivity index (χ0v) is 12.9. The van der Waals surface area contributed by atoms with Crippen LogP contribution in [0.25, 0.3) is 0 Å². The molecule has 0 radical (unpaired) electrons. The summed E-state index contributed by atoms with van der Waals surface area (Å²) in [6, 6.07) is 0. The Morgan fingerprint density at radius 3 is 2.50 bits per heavy atom. The maximum atomic E-state index is 12.0. The van der Waals surface area contributed by atoms with Crippen molar-refractivity contribution in [1.82, 2.24) is 4.90 Å². The van der Waals surface area contributed by atoms with E-state index in [0.29, 0.717) is 13.2 Å².